The van der Waals surface area contributed by atoms with Crippen LogP contribution in [0.25, 0.3) is 21.6 Å². The number of nitrogens with zero attached hydrogens (tertiary/aromatic N) is 3. The van der Waals surface area contributed by atoms with E-state index in [0.717, 1.165) is 34.2 Å². The van der Waals surface area contributed by atoms with Crippen molar-refractivity contribution in [1.82, 2.24) is 15.0 Å². The minimum atomic E-state index is -4.22. The predicted molar refractivity (Wildman–Crippen MR) is 156 cm³/mol. The van der Waals surface area contributed by atoms with Crippen molar-refractivity contribution in [2.45, 2.75) is 84.5 Å². The molecule has 4 aromatic rings. The molecule has 1 aromatic carbocycles. The number of fused-ring (bicyclic) bond motifs is 1. The lowest BCUT2D eigenvalue weighted by Gasteiger charge is -2.22. The van der Waals surface area contributed by atoms with Crippen LogP contribution < -0.4 is 4.18 Å². The van der Waals surface area contributed by atoms with E-state index in [1.54, 1.807) is 24.5 Å². The highest BCUT2D eigenvalue weighted by Gasteiger charge is 2.31. The fourth-order valence-electron chi connectivity index (χ4n) is 4.57. The molecule has 0 spiro atoms. The first-order valence-corrected chi connectivity index (χ1v) is 15.5. The van der Waals surface area contributed by atoms with E-state index in [4.69, 9.17) is 9.17 Å². The Hall–Kier alpha value is -2.84. The first kappa shape index (κ1) is 28.2. The average molecular weight is 552 g/mol. The van der Waals surface area contributed by atoms with Crippen LogP contribution >= 0.6 is 11.3 Å². The maximum Gasteiger partial charge on any atom is 0.341 e. The van der Waals surface area contributed by atoms with Crippen molar-refractivity contribution in [2.75, 3.05) is 0 Å². The number of aromatic nitrogens is 3. The van der Waals surface area contributed by atoms with Crippen molar-refractivity contribution in [1.29, 1.82) is 0 Å². The lowest BCUT2D eigenvalue weighted by atomic mass is 9.89. The summed E-state index contributed by atoms with van der Waals surface area (Å²) in [6, 6.07) is 7.65. The van der Waals surface area contributed by atoms with Crippen LogP contribution in [0.15, 0.2) is 46.9 Å². The molecule has 0 N–H and O–H groups in total. The van der Waals surface area contributed by atoms with Crippen molar-refractivity contribution in [3.8, 4) is 17.3 Å². The van der Waals surface area contributed by atoms with Crippen molar-refractivity contribution < 1.29 is 12.6 Å². The second kappa shape index (κ2) is 11.1. The minimum Gasteiger partial charge on any atom is -0.357 e. The first-order chi connectivity index (χ1) is 17.9. The van der Waals surface area contributed by atoms with Gasteiger partial charge in [0.15, 0.2) is 5.82 Å². The molecule has 6 nitrogen and oxygen atoms in total. The van der Waals surface area contributed by atoms with Gasteiger partial charge >= 0.3 is 10.1 Å². The van der Waals surface area contributed by atoms with E-state index in [1.807, 2.05) is 45.2 Å². The predicted octanol–water partition coefficient (Wildman–Crippen LogP) is 8.09. The highest BCUT2D eigenvalue weighted by atomic mass is 32.2. The van der Waals surface area contributed by atoms with Gasteiger partial charge in [-0.05, 0) is 69.9 Å². The number of hydrogen-bond donors (Lipinski definition) is 0. The molecule has 0 radical (unpaired) electrons. The third kappa shape index (κ3) is 5.76. The van der Waals surface area contributed by atoms with Crippen molar-refractivity contribution in [3.05, 3.63) is 64.3 Å². The second-order valence-corrected chi connectivity index (χ2v) is 13.5. The quantitative estimate of drug-likeness (QED) is 0.196. The molecule has 8 heteroatoms. The van der Waals surface area contributed by atoms with Crippen LogP contribution in [0.3, 0.4) is 0 Å². The molecule has 4 rings (SSSR count). The van der Waals surface area contributed by atoms with E-state index in [2.05, 4.69) is 37.7 Å². The van der Waals surface area contributed by atoms with E-state index in [9.17, 15) is 8.42 Å². The lowest BCUT2D eigenvalue weighted by molar-refractivity contribution is 0.475. The molecule has 0 unspecified atom stereocenters. The van der Waals surface area contributed by atoms with E-state index in [0.29, 0.717) is 22.0 Å². The van der Waals surface area contributed by atoms with Crippen LogP contribution in [0, 0.1) is 5.92 Å². The summed E-state index contributed by atoms with van der Waals surface area (Å²) in [5, 5.41) is 2.70. The summed E-state index contributed by atoms with van der Waals surface area (Å²) in [7, 11) is -4.22. The van der Waals surface area contributed by atoms with Gasteiger partial charge in [-0.15, -0.1) is 11.3 Å². The van der Waals surface area contributed by atoms with E-state index in [-0.39, 0.29) is 28.5 Å². The zero-order valence-electron chi connectivity index (χ0n) is 23.4. The van der Waals surface area contributed by atoms with Crippen molar-refractivity contribution in [2.24, 2.45) is 5.92 Å². The molecule has 3 aromatic heterocycles. The number of hydrogen-bond acceptors (Lipinski definition) is 7. The normalized spacial score (nSPS) is 12.4. The van der Waals surface area contributed by atoms with Crippen LogP contribution in [-0.4, -0.2) is 23.4 Å². The van der Waals surface area contributed by atoms with Crippen molar-refractivity contribution in [3.63, 3.8) is 0 Å². The summed E-state index contributed by atoms with van der Waals surface area (Å²) in [5.41, 5.74) is 4.40. The lowest BCUT2D eigenvalue weighted by Crippen LogP contribution is -2.18. The molecule has 0 aliphatic heterocycles. The monoisotopic (exact) mass is 551 g/mol. The molecule has 38 heavy (non-hydrogen) atoms. The van der Waals surface area contributed by atoms with Gasteiger partial charge in [-0.2, -0.15) is 13.4 Å². The summed E-state index contributed by atoms with van der Waals surface area (Å²) < 4.78 is 34.4. The van der Waals surface area contributed by atoms with Gasteiger partial charge in [0, 0.05) is 18.0 Å². The molecule has 0 saturated heterocycles. The zero-order chi connectivity index (χ0) is 27.8. The van der Waals surface area contributed by atoms with Crippen molar-refractivity contribution >= 4 is 31.7 Å². The maximum absolute atomic E-state index is 14.2. The van der Waals surface area contributed by atoms with Crippen LogP contribution in [0.5, 0.6) is 5.88 Å². The molecule has 0 aliphatic carbocycles. The fourth-order valence-corrected chi connectivity index (χ4v) is 7.09. The van der Waals surface area contributed by atoms with Crippen LogP contribution in [-0.2, 0) is 16.5 Å². The van der Waals surface area contributed by atoms with Gasteiger partial charge in [0.05, 0.1) is 5.39 Å². The molecule has 0 saturated carbocycles. The Morgan fingerprint density at radius 3 is 2.00 bits per heavy atom. The molecule has 0 aliphatic rings. The SMILES string of the molecule is CC(C)Cc1csc2nc(-c3ccncc3)nc(OS(=O)(=O)c3c(C(C)C)cc(C(C)C)cc3C(C)C)c12. The van der Waals surface area contributed by atoms with Gasteiger partial charge in [-0.25, -0.2) is 4.98 Å². The Kier molecular flexibility index (Phi) is 8.23. The van der Waals surface area contributed by atoms with Gasteiger partial charge < -0.3 is 4.18 Å². The largest absolute Gasteiger partial charge is 0.357 e. The third-order valence-electron chi connectivity index (χ3n) is 6.56. The standard InChI is InChI=1S/C30H37N3O3S2/c1-17(2)13-23-16-37-30-26(23)29(32-28(33-30)21-9-11-31-12-10-21)36-38(34,35)27-24(19(5)6)14-22(18(3)4)15-25(27)20(7)8/h9-12,14-20H,13H2,1-8H3. The molecule has 3 heterocycles. The number of rotatable bonds is 9. The molecule has 0 atom stereocenters. The summed E-state index contributed by atoms with van der Waals surface area (Å²) in [4.78, 5) is 14.5. The smallest absolute Gasteiger partial charge is 0.341 e. The summed E-state index contributed by atoms with van der Waals surface area (Å²) in [6.45, 7) is 16.6. The van der Waals surface area contributed by atoms with E-state index < -0.39 is 10.1 Å². The van der Waals surface area contributed by atoms with E-state index >= 15 is 0 Å². The summed E-state index contributed by atoms with van der Waals surface area (Å²) >= 11 is 1.48. The number of benzene rings is 1. The van der Waals surface area contributed by atoms with Crippen LogP contribution in [0.2, 0.25) is 0 Å². The highest BCUT2D eigenvalue weighted by Crippen LogP contribution is 2.39. The van der Waals surface area contributed by atoms with Crippen LogP contribution in [0.4, 0.5) is 0 Å². The number of pyridine rings is 1. The average Bonchev–Trinajstić information content (AvgIpc) is 3.25. The Bertz CT molecular complexity index is 1510. The Balaban J connectivity index is 1.96. The Labute approximate surface area is 230 Å². The molecule has 0 fully saturated rings. The van der Waals surface area contributed by atoms with Gasteiger partial charge in [0.2, 0.25) is 5.88 Å². The molecule has 0 bridgehead atoms. The van der Waals surface area contributed by atoms with Gasteiger partial charge in [-0.1, -0.05) is 67.5 Å². The summed E-state index contributed by atoms with van der Waals surface area (Å²) in [6.07, 6.45) is 4.10. The molecule has 202 valence electrons. The summed E-state index contributed by atoms with van der Waals surface area (Å²) in [5.74, 6) is 1.13. The third-order valence-corrected chi connectivity index (χ3v) is 8.83. The maximum atomic E-state index is 14.2. The van der Waals surface area contributed by atoms with Gasteiger partial charge in [-0.3, -0.25) is 4.98 Å². The number of thiophene rings is 1. The molecular formula is C30H37N3O3S2. The first-order valence-electron chi connectivity index (χ1n) is 13.2. The molecule has 0 amide bonds. The van der Waals surface area contributed by atoms with Gasteiger partial charge in [0.1, 0.15) is 9.73 Å². The fraction of sp³-hybridized carbons (Fsp3) is 0.433. The van der Waals surface area contributed by atoms with Crippen LogP contribution in [0.1, 0.15) is 95.4 Å². The second-order valence-electron chi connectivity index (χ2n) is 11.2. The zero-order valence-corrected chi connectivity index (χ0v) is 25.1. The van der Waals surface area contributed by atoms with E-state index in [1.165, 1.54) is 11.3 Å². The highest BCUT2D eigenvalue weighted by molar-refractivity contribution is 7.87. The minimum absolute atomic E-state index is 0.00461. The topological polar surface area (TPSA) is 82.0 Å². The Morgan fingerprint density at radius 2 is 1.47 bits per heavy atom. The van der Waals surface area contributed by atoms with Gasteiger partial charge in [0.25, 0.3) is 0 Å². The Morgan fingerprint density at radius 1 is 0.868 bits per heavy atom. The molecular weight excluding hydrogens is 514 g/mol.